The smallest absolute Gasteiger partial charge is 0.250 e. The van der Waals surface area contributed by atoms with Gasteiger partial charge in [-0.2, -0.15) is 0 Å². The Hall–Kier alpha value is -2.43. The second-order valence-electron chi connectivity index (χ2n) is 5.75. The van der Waals surface area contributed by atoms with Crippen molar-refractivity contribution in [2.45, 2.75) is 25.4 Å². The number of rotatable bonds is 2. The fraction of sp³-hybridized carbons (Fsp3) is 0.294. The van der Waals surface area contributed by atoms with Crippen molar-refractivity contribution in [3.05, 3.63) is 54.0 Å². The molecule has 1 amide bonds. The zero-order valence-corrected chi connectivity index (χ0v) is 12.1. The Morgan fingerprint density at radius 2 is 2.05 bits per heavy atom. The van der Waals surface area contributed by atoms with Crippen LogP contribution in [0, 0.1) is 5.82 Å². The molecule has 2 aliphatic rings. The van der Waals surface area contributed by atoms with E-state index < -0.39 is 0 Å². The van der Waals surface area contributed by atoms with Crippen LogP contribution in [0.15, 0.2) is 42.6 Å². The Bertz CT molecular complexity index is 716. The molecule has 0 spiro atoms. The third kappa shape index (κ3) is 2.04. The molecule has 0 aliphatic carbocycles. The van der Waals surface area contributed by atoms with Crippen molar-refractivity contribution < 1.29 is 9.18 Å². The molecule has 0 unspecified atom stereocenters. The molecule has 1 saturated heterocycles. The number of fused-ring (bicyclic) bond motifs is 3. The van der Waals surface area contributed by atoms with Gasteiger partial charge in [-0.25, -0.2) is 9.37 Å². The zero-order valence-electron chi connectivity index (χ0n) is 12.1. The first kappa shape index (κ1) is 13.2. The summed E-state index contributed by atoms with van der Waals surface area (Å²) < 4.78 is 13.1. The van der Waals surface area contributed by atoms with Crippen LogP contribution in [-0.2, 0) is 11.3 Å². The minimum Gasteiger partial charge on any atom is -0.343 e. The van der Waals surface area contributed by atoms with Crippen LogP contribution >= 0.6 is 0 Å². The lowest BCUT2D eigenvalue weighted by molar-refractivity contribution is -0.120. The minimum atomic E-state index is -0.266. The number of carbonyl (C=O) groups is 1. The highest BCUT2D eigenvalue weighted by molar-refractivity contribution is 6.05. The van der Waals surface area contributed by atoms with Gasteiger partial charge in [0.2, 0.25) is 5.91 Å². The molecule has 4 nitrogen and oxygen atoms in total. The van der Waals surface area contributed by atoms with E-state index >= 15 is 0 Å². The number of anilines is 2. The van der Waals surface area contributed by atoms with E-state index in [9.17, 15) is 9.18 Å². The molecule has 3 heterocycles. The van der Waals surface area contributed by atoms with Gasteiger partial charge >= 0.3 is 0 Å². The van der Waals surface area contributed by atoms with Crippen LogP contribution in [0.5, 0.6) is 0 Å². The van der Waals surface area contributed by atoms with E-state index in [4.69, 9.17) is 0 Å². The number of nitrogens with zero attached hydrogens (tertiary/aromatic N) is 3. The van der Waals surface area contributed by atoms with E-state index in [2.05, 4.69) is 9.88 Å². The van der Waals surface area contributed by atoms with Crippen LogP contribution in [0.4, 0.5) is 15.9 Å². The fourth-order valence-electron chi connectivity index (χ4n) is 3.33. The predicted molar refractivity (Wildman–Crippen MR) is 82.2 cm³/mol. The third-order valence-electron chi connectivity index (χ3n) is 4.39. The van der Waals surface area contributed by atoms with E-state index in [0.29, 0.717) is 6.54 Å². The Morgan fingerprint density at radius 1 is 1.23 bits per heavy atom. The fourth-order valence-corrected chi connectivity index (χ4v) is 3.33. The van der Waals surface area contributed by atoms with Gasteiger partial charge in [-0.1, -0.05) is 12.1 Å². The van der Waals surface area contributed by atoms with Gasteiger partial charge in [0.25, 0.3) is 0 Å². The molecule has 0 radical (unpaired) electrons. The normalized spacial score (nSPS) is 20.0. The van der Waals surface area contributed by atoms with Crippen LogP contribution in [0.3, 0.4) is 0 Å². The molecule has 1 fully saturated rings. The molecule has 0 bridgehead atoms. The summed E-state index contributed by atoms with van der Waals surface area (Å²) in [7, 11) is 0. The van der Waals surface area contributed by atoms with Gasteiger partial charge in [0, 0.05) is 12.7 Å². The van der Waals surface area contributed by atoms with Crippen molar-refractivity contribution in [3.63, 3.8) is 0 Å². The van der Waals surface area contributed by atoms with Crippen molar-refractivity contribution in [1.29, 1.82) is 0 Å². The maximum absolute atomic E-state index is 13.1. The van der Waals surface area contributed by atoms with Crippen LogP contribution in [0.25, 0.3) is 0 Å². The number of hydrogen-bond donors (Lipinski definition) is 0. The highest BCUT2D eigenvalue weighted by Crippen LogP contribution is 2.38. The van der Waals surface area contributed by atoms with Crippen LogP contribution in [0.1, 0.15) is 18.4 Å². The van der Waals surface area contributed by atoms with Gasteiger partial charge in [-0.05, 0) is 42.7 Å². The first-order valence-electron chi connectivity index (χ1n) is 7.51. The van der Waals surface area contributed by atoms with Gasteiger partial charge < -0.3 is 9.80 Å². The summed E-state index contributed by atoms with van der Waals surface area (Å²) in [6.07, 6.45) is 3.64. The average molecular weight is 297 g/mol. The number of amides is 1. The summed E-state index contributed by atoms with van der Waals surface area (Å²) in [6, 6.07) is 9.96. The van der Waals surface area contributed by atoms with Crippen molar-refractivity contribution in [2.75, 3.05) is 16.3 Å². The molecule has 22 heavy (non-hydrogen) atoms. The highest BCUT2D eigenvalue weighted by Gasteiger charge is 2.41. The van der Waals surface area contributed by atoms with Crippen LogP contribution in [-0.4, -0.2) is 23.5 Å². The molecule has 1 aromatic heterocycles. The van der Waals surface area contributed by atoms with E-state index in [-0.39, 0.29) is 17.8 Å². The van der Waals surface area contributed by atoms with Gasteiger partial charge in [-0.15, -0.1) is 0 Å². The van der Waals surface area contributed by atoms with E-state index in [0.717, 1.165) is 36.5 Å². The standard InChI is InChI=1S/C17H16FN3O/c18-13-7-5-12(6-8-13)11-21-14-3-1-9-19-16(14)20-10-2-4-15(20)17(21)22/h1,3,5-9,15H,2,4,10-11H2/t15-/m0/s1. The molecule has 1 aromatic carbocycles. The zero-order chi connectivity index (χ0) is 15.1. The number of halogens is 1. The lowest BCUT2D eigenvalue weighted by Crippen LogP contribution is -2.50. The summed E-state index contributed by atoms with van der Waals surface area (Å²) in [5, 5.41) is 0. The topological polar surface area (TPSA) is 36.4 Å². The van der Waals surface area contributed by atoms with Crippen molar-refractivity contribution >= 4 is 17.4 Å². The molecule has 2 aliphatic heterocycles. The quantitative estimate of drug-likeness (QED) is 0.855. The molecule has 0 N–H and O–H groups in total. The largest absolute Gasteiger partial charge is 0.343 e. The number of benzene rings is 1. The van der Waals surface area contributed by atoms with E-state index in [1.165, 1.54) is 12.1 Å². The SMILES string of the molecule is O=C1[C@@H]2CCCN2c2ncccc2N1Cc1ccc(F)cc1. The maximum atomic E-state index is 13.1. The van der Waals surface area contributed by atoms with Crippen molar-refractivity contribution in [2.24, 2.45) is 0 Å². The van der Waals surface area contributed by atoms with Crippen molar-refractivity contribution in [1.82, 2.24) is 4.98 Å². The first-order chi connectivity index (χ1) is 10.7. The summed E-state index contributed by atoms with van der Waals surface area (Å²) in [5.74, 6) is 0.729. The average Bonchev–Trinajstić information content (AvgIpc) is 3.03. The maximum Gasteiger partial charge on any atom is 0.250 e. The molecule has 1 atom stereocenters. The Kier molecular flexibility index (Phi) is 3.06. The molecule has 4 rings (SSSR count). The third-order valence-corrected chi connectivity index (χ3v) is 4.39. The molecule has 2 aromatic rings. The number of hydrogen-bond acceptors (Lipinski definition) is 3. The van der Waals surface area contributed by atoms with E-state index in [1.54, 1.807) is 23.2 Å². The highest BCUT2D eigenvalue weighted by atomic mass is 19.1. The molecular formula is C17H16FN3O. The Labute approximate surface area is 128 Å². The van der Waals surface area contributed by atoms with Gasteiger partial charge in [0.05, 0.1) is 12.2 Å². The minimum absolute atomic E-state index is 0.108. The number of pyridine rings is 1. The molecule has 112 valence electrons. The van der Waals surface area contributed by atoms with Gasteiger partial charge in [0.15, 0.2) is 5.82 Å². The summed E-state index contributed by atoms with van der Waals surface area (Å²) in [6.45, 7) is 1.33. The number of carbonyl (C=O) groups excluding carboxylic acids is 1. The van der Waals surface area contributed by atoms with E-state index in [1.807, 2.05) is 12.1 Å². The van der Waals surface area contributed by atoms with Gasteiger partial charge in [-0.3, -0.25) is 4.79 Å². The lowest BCUT2D eigenvalue weighted by atomic mass is 10.1. The molecule has 5 heteroatoms. The second kappa shape index (κ2) is 5.09. The van der Waals surface area contributed by atoms with Crippen LogP contribution in [0.2, 0.25) is 0 Å². The Balaban J connectivity index is 1.73. The summed E-state index contributed by atoms with van der Waals surface area (Å²) in [4.78, 5) is 21.2. The molecular weight excluding hydrogens is 281 g/mol. The number of aromatic nitrogens is 1. The second-order valence-corrected chi connectivity index (χ2v) is 5.75. The predicted octanol–water partition coefficient (Wildman–Crippen LogP) is 2.74. The van der Waals surface area contributed by atoms with Crippen molar-refractivity contribution in [3.8, 4) is 0 Å². The molecule has 0 saturated carbocycles. The summed E-state index contributed by atoms with van der Waals surface area (Å²) in [5.41, 5.74) is 1.76. The first-order valence-corrected chi connectivity index (χ1v) is 7.51. The lowest BCUT2D eigenvalue weighted by Gasteiger charge is -2.38. The van der Waals surface area contributed by atoms with Crippen LogP contribution < -0.4 is 9.80 Å². The Morgan fingerprint density at radius 3 is 2.86 bits per heavy atom. The summed E-state index contributed by atoms with van der Waals surface area (Å²) >= 11 is 0. The van der Waals surface area contributed by atoms with Gasteiger partial charge in [0.1, 0.15) is 11.9 Å². The monoisotopic (exact) mass is 297 g/mol.